The number of aromatic nitrogens is 2. The van der Waals surface area contributed by atoms with Crippen molar-refractivity contribution in [2.24, 2.45) is 0 Å². The molecule has 0 fully saturated rings. The summed E-state index contributed by atoms with van der Waals surface area (Å²) in [7, 11) is 1.34. The highest BCUT2D eigenvalue weighted by molar-refractivity contribution is 5.86. The van der Waals surface area contributed by atoms with Gasteiger partial charge >= 0.3 is 5.97 Å². The van der Waals surface area contributed by atoms with Crippen LogP contribution >= 0.6 is 0 Å². The molecule has 0 radical (unpaired) electrons. The van der Waals surface area contributed by atoms with Gasteiger partial charge in [-0.3, -0.25) is 0 Å². The van der Waals surface area contributed by atoms with Crippen molar-refractivity contribution in [3.05, 3.63) is 53.6 Å². The highest BCUT2D eigenvalue weighted by atomic mass is 16.5. The average Bonchev–Trinajstić information content (AvgIpc) is 2.78. The van der Waals surface area contributed by atoms with Gasteiger partial charge in [-0.25, -0.2) is 9.78 Å². The Bertz CT molecular complexity index is 477. The number of hydrogen-bond acceptors (Lipinski definition) is 3. The number of imidazole rings is 1. The second-order valence-electron chi connectivity index (χ2n) is 3.39. The molecule has 1 heterocycles. The molecular weight excluding hydrogens is 204 g/mol. The van der Waals surface area contributed by atoms with Crippen LogP contribution in [0.1, 0.15) is 21.9 Å². The maximum atomic E-state index is 11.2. The van der Waals surface area contributed by atoms with E-state index >= 15 is 0 Å². The van der Waals surface area contributed by atoms with Crippen LogP contribution in [-0.4, -0.2) is 23.0 Å². The first-order valence-corrected chi connectivity index (χ1v) is 4.96. The summed E-state index contributed by atoms with van der Waals surface area (Å²) in [4.78, 5) is 18.3. The lowest BCUT2D eigenvalue weighted by Gasteiger charge is -1.96. The molecule has 0 spiro atoms. The molecule has 1 aromatic carbocycles. The van der Waals surface area contributed by atoms with Gasteiger partial charge < -0.3 is 9.72 Å². The Balaban J connectivity index is 2.12. The van der Waals surface area contributed by atoms with E-state index in [4.69, 9.17) is 0 Å². The van der Waals surface area contributed by atoms with Gasteiger partial charge in [0.15, 0.2) is 5.69 Å². The summed E-state index contributed by atoms with van der Waals surface area (Å²) < 4.78 is 4.58. The third-order valence-electron chi connectivity index (χ3n) is 2.24. The Hall–Kier alpha value is -2.10. The van der Waals surface area contributed by atoms with Crippen molar-refractivity contribution in [3.63, 3.8) is 0 Å². The lowest BCUT2D eigenvalue weighted by Crippen LogP contribution is -2.01. The molecule has 4 heteroatoms. The number of aromatic amines is 1. The van der Waals surface area contributed by atoms with Gasteiger partial charge in [0, 0.05) is 12.6 Å². The number of H-pyrrole nitrogens is 1. The number of ether oxygens (including phenoxy) is 1. The monoisotopic (exact) mass is 216 g/mol. The normalized spacial score (nSPS) is 10.1. The van der Waals surface area contributed by atoms with Crippen molar-refractivity contribution in [1.82, 2.24) is 9.97 Å². The van der Waals surface area contributed by atoms with Crippen LogP contribution in [0.2, 0.25) is 0 Å². The summed E-state index contributed by atoms with van der Waals surface area (Å²) in [6.45, 7) is 0. The van der Waals surface area contributed by atoms with Crippen LogP contribution in [0.15, 0.2) is 36.5 Å². The molecule has 2 rings (SSSR count). The molecule has 82 valence electrons. The summed E-state index contributed by atoms with van der Waals surface area (Å²) in [5, 5.41) is 0. The molecule has 0 saturated carbocycles. The number of nitrogens with one attached hydrogen (secondary N) is 1. The lowest BCUT2D eigenvalue weighted by molar-refractivity contribution is 0.0594. The number of benzene rings is 1. The molecule has 1 aromatic heterocycles. The predicted octanol–water partition coefficient (Wildman–Crippen LogP) is 1.79. The molecule has 0 aliphatic rings. The van der Waals surface area contributed by atoms with Gasteiger partial charge in [-0.2, -0.15) is 0 Å². The first-order valence-electron chi connectivity index (χ1n) is 4.96. The number of carbonyl (C=O) groups excluding carboxylic acids is 1. The van der Waals surface area contributed by atoms with Crippen LogP contribution in [0.3, 0.4) is 0 Å². The molecule has 2 aromatic rings. The number of methoxy groups -OCH3 is 1. The highest BCUT2D eigenvalue weighted by Crippen LogP contribution is 2.06. The van der Waals surface area contributed by atoms with Crippen LogP contribution < -0.4 is 0 Å². The fraction of sp³-hybridized carbons (Fsp3) is 0.167. The van der Waals surface area contributed by atoms with E-state index in [1.54, 1.807) is 6.20 Å². The Morgan fingerprint density at radius 3 is 2.81 bits per heavy atom. The Morgan fingerprint density at radius 1 is 1.38 bits per heavy atom. The first-order chi connectivity index (χ1) is 7.79. The first kappa shape index (κ1) is 10.4. The fourth-order valence-electron chi connectivity index (χ4n) is 1.45. The number of carbonyl (C=O) groups is 1. The smallest absolute Gasteiger partial charge is 0.358 e. The molecule has 4 nitrogen and oxygen atoms in total. The van der Waals surface area contributed by atoms with E-state index in [9.17, 15) is 4.79 Å². The van der Waals surface area contributed by atoms with Crippen LogP contribution in [0.4, 0.5) is 0 Å². The van der Waals surface area contributed by atoms with E-state index < -0.39 is 5.97 Å². The molecule has 0 unspecified atom stereocenters. The molecule has 16 heavy (non-hydrogen) atoms. The minimum Gasteiger partial charge on any atom is -0.464 e. The van der Waals surface area contributed by atoms with Gasteiger partial charge in [0.05, 0.1) is 7.11 Å². The van der Waals surface area contributed by atoms with Gasteiger partial charge in [0.1, 0.15) is 5.82 Å². The van der Waals surface area contributed by atoms with Gasteiger partial charge in [-0.05, 0) is 5.56 Å². The second-order valence-corrected chi connectivity index (χ2v) is 3.39. The van der Waals surface area contributed by atoms with Crippen LogP contribution in [0.25, 0.3) is 0 Å². The van der Waals surface area contributed by atoms with E-state index in [2.05, 4.69) is 14.7 Å². The van der Waals surface area contributed by atoms with Gasteiger partial charge in [-0.1, -0.05) is 30.3 Å². The van der Waals surface area contributed by atoms with Gasteiger partial charge in [0.2, 0.25) is 0 Å². The van der Waals surface area contributed by atoms with Gasteiger partial charge in [-0.15, -0.1) is 0 Å². The standard InChI is InChI=1S/C12H12N2O2/c1-16-12(15)10-8-13-11(14-10)7-9-5-3-2-4-6-9/h2-6,8H,7H2,1H3,(H,13,14). The fourth-order valence-corrected chi connectivity index (χ4v) is 1.45. The Kier molecular flexibility index (Phi) is 3.00. The SMILES string of the molecule is COC(=O)c1c[nH]c(Cc2ccccc2)n1. The summed E-state index contributed by atoms with van der Waals surface area (Å²) in [6.07, 6.45) is 2.24. The molecule has 0 aliphatic carbocycles. The van der Waals surface area contributed by atoms with Crippen molar-refractivity contribution in [2.45, 2.75) is 6.42 Å². The predicted molar refractivity (Wildman–Crippen MR) is 59.2 cm³/mol. The Labute approximate surface area is 93.3 Å². The Morgan fingerprint density at radius 2 is 2.12 bits per heavy atom. The second kappa shape index (κ2) is 4.61. The quantitative estimate of drug-likeness (QED) is 0.796. The molecular formula is C12H12N2O2. The minimum atomic E-state index is -0.421. The van der Waals surface area contributed by atoms with Crippen molar-refractivity contribution in [1.29, 1.82) is 0 Å². The number of esters is 1. The van der Waals surface area contributed by atoms with Crippen molar-refractivity contribution >= 4 is 5.97 Å². The zero-order valence-electron chi connectivity index (χ0n) is 8.93. The third kappa shape index (κ3) is 2.28. The largest absolute Gasteiger partial charge is 0.464 e. The summed E-state index contributed by atoms with van der Waals surface area (Å²) >= 11 is 0. The van der Waals surface area contributed by atoms with E-state index in [-0.39, 0.29) is 0 Å². The van der Waals surface area contributed by atoms with Crippen molar-refractivity contribution in [2.75, 3.05) is 7.11 Å². The summed E-state index contributed by atoms with van der Waals surface area (Å²) in [6, 6.07) is 9.94. The molecule has 0 saturated heterocycles. The highest BCUT2D eigenvalue weighted by Gasteiger charge is 2.09. The molecule has 0 aliphatic heterocycles. The van der Waals surface area contributed by atoms with Crippen LogP contribution in [0.5, 0.6) is 0 Å². The van der Waals surface area contributed by atoms with E-state index in [0.29, 0.717) is 12.1 Å². The zero-order chi connectivity index (χ0) is 11.4. The van der Waals surface area contributed by atoms with E-state index in [0.717, 1.165) is 11.4 Å². The molecule has 0 bridgehead atoms. The lowest BCUT2D eigenvalue weighted by atomic mass is 10.1. The minimum absolute atomic E-state index is 0.313. The van der Waals surface area contributed by atoms with Crippen LogP contribution in [0, 0.1) is 0 Å². The summed E-state index contributed by atoms with van der Waals surface area (Å²) in [5.41, 5.74) is 1.46. The molecule has 0 atom stereocenters. The average molecular weight is 216 g/mol. The number of rotatable bonds is 3. The molecule has 0 amide bonds. The maximum absolute atomic E-state index is 11.2. The van der Waals surface area contributed by atoms with Crippen molar-refractivity contribution < 1.29 is 9.53 Å². The maximum Gasteiger partial charge on any atom is 0.358 e. The van der Waals surface area contributed by atoms with Crippen molar-refractivity contribution in [3.8, 4) is 0 Å². The zero-order valence-corrected chi connectivity index (χ0v) is 8.93. The summed E-state index contributed by atoms with van der Waals surface area (Å²) in [5.74, 6) is 0.335. The van der Waals surface area contributed by atoms with E-state index in [1.165, 1.54) is 7.11 Å². The molecule has 1 N–H and O–H groups in total. The topological polar surface area (TPSA) is 55.0 Å². The number of hydrogen-bond donors (Lipinski definition) is 1. The third-order valence-corrected chi connectivity index (χ3v) is 2.24. The van der Waals surface area contributed by atoms with Crippen LogP contribution in [-0.2, 0) is 11.2 Å². The van der Waals surface area contributed by atoms with E-state index in [1.807, 2.05) is 30.3 Å². The number of nitrogens with zero attached hydrogens (tertiary/aromatic N) is 1. The van der Waals surface area contributed by atoms with Gasteiger partial charge in [0.25, 0.3) is 0 Å².